The topological polar surface area (TPSA) is 252 Å². The average Bonchev–Trinajstić information content (AvgIpc) is 1.68. The maximum atomic E-state index is 13.8. The molecule has 11 heterocycles. The lowest BCUT2D eigenvalue weighted by Crippen LogP contribution is -2.40. The van der Waals surface area contributed by atoms with Crippen molar-refractivity contribution in [3.8, 4) is 84.6 Å². The number of piperidine rings is 2. The van der Waals surface area contributed by atoms with E-state index in [4.69, 9.17) is 53.4 Å². The number of thiazole rings is 2. The Hall–Kier alpha value is -13.3. The highest BCUT2D eigenvalue weighted by Crippen LogP contribution is 2.37. The average molecular weight is 1830 g/mol. The number of fused-ring (bicyclic) bond motifs is 1. The number of rotatable bonds is 20. The monoisotopic (exact) mass is 1830 g/mol. The van der Waals surface area contributed by atoms with Crippen molar-refractivity contribution in [1.29, 1.82) is 0 Å². The molecular weight excluding hydrogens is 1730 g/mol. The standard InChI is InChI=1S/C27H27FN4OS.C26H28FN3O2.C25H24ClN5O2.C24H22ClN5OS/c1-18-14-22(8-9-23(18)28)24-15-25(20-6-4-3-5-7-20)32(30-24)17-26(33)31-12-10-21(11-13-31)27-29-16-19(2)34-27;1-4-22-16-25(21-8-9-24(27)18(2)14-21)28-30(22)17-26(31)29-12-10-19(11-13-29)20-6-5-7-23(15-20)32-3;1-17-27-28-25(33-17)19-10-12-30(13-11-19)24(32)16-31-23(18-6-3-2-4-7-18)15-22(29-31)20-8-5-9-21(26)14-20;25-18-8-4-7-17(13-18)20-14-21(16-5-2-1-3-6-16)30(28-20)15-23(31)29-11-9-19-22(10-12-29)32-24(26)27-19/h3-9,14-16,21H,10-13,17H2,1-2H3;5-10,14-16H,4,11-13,17H2,1-3H3;2-9,14-15,19H,10-13,16H2,1H3;1-8,13-14H,9-12,15H2,(H2,26,27). The lowest BCUT2D eigenvalue weighted by Gasteiger charge is -2.31. The molecule has 4 aliphatic heterocycles. The van der Waals surface area contributed by atoms with Gasteiger partial charge in [-0.1, -0.05) is 164 Å². The summed E-state index contributed by atoms with van der Waals surface area (Å²) in [6, 6.07) is 71.1. The third kappa shape index (κ3) is 22.6. The van der Waals surface area contributed by atoms with E-state index >= 15 is 0 Å². The zero-order valence-electron chi connectivity index (χ0n) is 73.8. The second-order valence-electron chi connectivity index (χ2n) is 32.9. The molecule has 2 N–H and O–H groups in total. The van der Waals surface area contributed by atoms with Crippen LogP contribution in [0.1, 0.15) is 105 Å². The largest absolute Gasteiger partial charge is 0.497 e. The highest BCUT2D eigenvalue weighted by molar-refractivity contribution is 7.15. The SMILES string of the molecule is CCc1cc(-c2ccc(F)c(C)c2)nn1CC(=O)N1CC=C(c2cccc(OC)c2)CC1.Cc1cnc(C2CCN(C(=O)Cn3nc(-c4ccc(F)c(C)c4)cc3-c3ccccc3)CC2)s1.Cc1nnc(C2CCN(C(=O)Cn3nc(-c4cccc(Cl)c4)cc3-c3ccccc3)CC2)o1.Nc1nc2c(s1)CCN(C(=O)Cn1nc(-c3cccc(Cl)c3)cc1-c1ccccc1)CC2. The molecule has 131 heavy (non-hydrogen) atoms. The maximum Gasteiger partial charge on any atom is 0.244 e. The van der Waals surface area contributed by atoms with Crippen molar-refractivity contribution in [2.45, 2.75) is 124 Å². The molecule has 29 heteroatoms. The van der Waals surface area contributed by atoms with Gasteiger partial charge in [-0.25, -0.2) is 18.7 Å². The minimum atomic E-state index is -0.238. The van der Waals surface area contributed by atoms with Crippen molar-refractivity contribution in [2.24, 2.45) is 0 Å². The van der Waals surface area contributed by atoms with Crippen molar-refractivity contribution in [3.05, 3.63) is 313 Å². The number of amides is 4. The summed E-state index contributed by atoms with van der Waals surface area (Å²) in [5, 5.41) is 30.1. The van der Waals surface area contributed by atoms with Crippen LogP contribution in [0.4, 0.5) is 13.9 Å². The Morgan fingerprint density at radius 2 is 0.908 bits per heavy atom. The van der Waals surface area contributed by atoms with Crippen LogP contribution in [-0.4, -0.2) is 162 Å². The second-order valence-corrected chi connectivity index (χ2v) is 36.2. The third-order valence-electron chi connectivity index (χ3n) is 24.0. The molecule has 670 valence electrons. The summed E-state index contributed by atoms with van der Waals surface area (Å²) >= 11 is 15.7. The van der Waals surface area contributed by atoms with Gasteiger partial charge in [0.2, 0.25) is 35.4 Å². The fourth-order valence-electron chi connectivity index (χ4n) is 16.8. The Kier molecular flexibility index (Phi) is 29.2. The summed E-state index contributed by atoms with van der Waals surface area (Å²) in [4.78, 5) is 71.7. The van der Waals surface area contributed by atoms with E-state index in [9.17, 15) is 28.0 Å². The van der Waals surface area contributed by atoms with Gasteiger partial charge in [0.05, 0.1) is 57.7 Å². The Morgan fingerprint density at radius 1 is 0.466 bits per heavy atom. The van der Waals surface area contributed by atoms with Gasteiger partial charge in [-0.3, -0.25) is 37.9 Å². The molecular formula is C102H101Cl2F2N17O6S2. The van der Waals surface area contributed by atoms with Crippen LogP contribution in [-0.2, 0) is 64.6 Å². The summed E-state index contributed by atoms with van der Waals surface area (Å²) in [7, 11) is 1.66. The van der Waals surface area contributed by atoms with Crippen molar-refractivity contribution < 1.29 is 37.1 Å². The van der Waals surface area contributed by atoms with Crippen LogP contribution >= 0.6 is 45.9 Å². The van der Waals surface area contributed by atoms with Gasteiger partial charge in [0.25, 0.3) is 0 Å². The number of nitrogens with zero attached hydrogens (tertiary/aromatic N) is 16. The first kappa shape index (κ1) is 91.0. The molecule has 4 amide bonds. The zero-order chi connectivity index (χ0) is 91.2. The van der Waals surface area contributed by atoms with E-state index in [1.165, 1.54) is 43.8 Å². The minimum absolute atomic E-state index is 0.0468. The number of hydrogen-bond donors (Lipinski definition) is 1. The number of hydrogen-bond acceptors (Lipinski definition) is 17. The van der Waals surface area contributed by atoms with Crippen LogP contribution in [0.25, 0.3) is 84.4 Å². The summed E-state index contributed by atoms with van der Waals surface area (Å²) in [6.45, 7) is 15.5. The highest BCUT2D eigenvalue weighted by Gasteiger charge is 2.32. The molecule has 19 rings (SSSR count). The molecule has 4 aliphatic rings. The van der Waals surface area contributed by atoms with Gasteiger partial charge < -0.3 is 34.5 Å². The van der Waals surface area contributed by atoms with Crippen LogP contribution in [0.15, 0.2) is 241 Å². The van der Waals surface area contributed by atoms with E-state index in [0.29, 0.717) is 83.3 Å². The number of anilines is 1. The summed E-state index contributed by atoms with van der Waals surface area (Å²) in [6.07, 6.45) is 10.6. The number of aryl methyl sites for hydroxylation is 5. The summed E-state index contributed by atoms with van der Waals surface area (Å²) < 4.78 is 45.5. The number of nitrogens with two attached hydrogens (primary N) is 1. The molecule has 0 bridgehead atoms. The van der Waals surface area contributed by atoms with Crippen molar-refractivity contribution in [1.82, 2.24) is 78.9 Å². The number of likely N-dealkylation sites (tertiary alicyclic amines) is 2. The molecule has 0 radical (unpaired) electrons. The Balaban J connectivity index is 0.000000128. The molecule has 0 unspecified atom stereocenters. The maximum absolute atomic E-state index is 13.8. The second kappa shape index (κ2) is 42.0. The Bertz CT molecular complexity index is 6540. The number of benzene rings is 8. The first-order chi connectivity index (χ1) is 63.6. The normalized spacial score (nSPS) is 14.1. The number of ether oxygens (including phenoxy) is 1. The van der Waals surface area contributed by atoms with Gasteiger partial charge in [-0.05, 0) is 195 Å². The van der Waals surface area contributed by atoms with Crippen LogP contribution < -0.4 is 10.5 Å². The van der Waals surface area contributed by atoms with Gasteiger partial charge in [-0.2, -0.15) is 20.4 Å². The van der Waals surface area contributed by atoms with Gasteiger partial charge in [-0.15, -0.1) is 32.9 Å². The van der Waals surface area contributed by atoms with E-state index in [1.54, 1.807) is 82.2 Å². The minimum Gasteiger partial charge on any atom is -0.497 e. The summed E-state index contributed by atoms with van der Waals surface area (Å²) in [5.41, 5.74) is 23.7. The molecule has 15 aromatic rings. The van der Waals surface area contributed by atoms with Gasteiger partial charge in [0.15, 0.2) is 5.13 Å². The number of halogens is 4. The fourth-order valence-corrected chi connectivity index (χ4v) is 19.0. The van der Waals surface area contributed by atoms with Gasteiger partial charge in [0, 0.05) is 138 Å². The van der Waals surface area contributed by atoms with E-state index in [1.807, 2.05) is 215 Å². The highest BCUT2D eigenvalue weighted by atomic mass is 35.5. The molecule has 2 saturated heterocycles. The summed E-state index contributed by atoms with van der Waals surface area (Å²) in [5.74, 6) is 2.45. The molecule has 2 fully saturated rings. The predicted molar refractivity (Wildman–Crippen MR) is 511 cm³/mol. The molecule has 23 nitrogen and oxygen atoms in total. The molecule has 8 aromatic carbocycles. The van der Waals surface area contributed by atoms with Crippen LogP contribution in [0.5, 0.6) is 5.75 Å². The molecule has 0 saturated carbocycles. The Morgan fingerprint density at radius 3 is 1.37 bits per heavy atom. The van der Waals surface area contributed by atoms with E-state index in [0.717, 1.165) is 166 Å². The number of aromatic nitrogens is 12. The molecule has 0 aliphatic carbocycles. The lowest BCUT2D eigenvalue weighted by atomic mass is 9.97. The van der Waals surface area contributed by atoms with Crippen molar-refractivity contribution in [3.63, 3.8) is 0 Å². The Labute approximate surface area is 777 Å². The number of carbonyl (C=O) groups is 4. The van der Waals surface area contributed by atoms with E-state index in [2.05, 4.69) is 44.3 Å². The molecule has 0 spiro atoms. The molecule has 7 aromatic heterocycles. The third-order valence-corrected chi connectivity index (χ3v) is 26.5. The number of carbonyl (C=O) groups excluding carboxylic acids is 4. The smallest absolute Gasteiger partial charge is 0.244 e. The molecule has 0 atom stereocenters. The fraction of sp³-hybridized carbons (Fsp3) is 0.275. The van der Waals surface area contributed by atoms with Crippen LogP contribution in [0.3, 0.4) is 0 Å². The van der Waals surface area contributed by atoms with Crippen LogP contribution in [0, 0.1) is 39.3 Å². The number of nitrogen functional groups attached to an aromatic ring is 1. The lowest BCUT2D eigenvalue weighted by molar-refractivity contribution is -0.133. The van der Waals surface area contributed by atoms with Gasteiger partial charge in [0.1, 0.15) is 43.6 Å². The first-order valence-corrected chi connectivity index (χ1v) is 46.4. The van der Waals surface area contributed by atoms with Crippen LogP contribution in [0.2, 0.25) is 10.0 Å². The van der Waals surface area contributed by atoms with Crippen molar-refractivity contribution in [2.75, 3.05) is 65.2 Å². The van der Waals surface area contributed by atoms with Gasteiger partial charge >= 0.3 is 0 Å². The zero-order valence-corrected chi connectivity index (χ0v) is 77.0. The first-order valence-electron chi connectivity index (χ1n) is 44.0. The van der Waals surface area contributed by atoms with E-state index < -0.39 is 0 Å². The number of methoxy groups -OCH3 is 1. The quantitative estimate of drug-likeness (QED) is 0.0744. The predicted octanol–water partition coefficient (Wildman–Crippen LogP) is 20.2. The van der Waals surface area contributed by atoms with E-state index in [-0.39, 0.29) is 67.4 Å². The van der Waals surface area contributed by atoms with Crippen molar-refractivity contribution >= 4 is 80.2 Å².